The predicted molar refractivity (Wildman–Crippen MR) is 60.7 cm³/mol. The average molecular weight is 209 g/mol. The fourth-order valence-electron chi connectivity index (χ4n) is 1.06. The minimum Gasteiger partial charge on any atom is -0.346 e. The molecule has 1 atom stereocenters. The van der Waals surface area contributed by atoms with Crippen LogP contribution in [0.25, 0.3) is 0 Å². The summed E-state index contributed by atoms with van der Waals surface area (Å²) >= 11 is 0. The summed E-state index contributed by atoms with van der Waals surface area (Å²) in [5, 5.41) is 11.2. The van der Waals surface area contributed by atoms with Gasteiger partial charge in [-0.3, -0.25) is 0 Å². The molecule has 0 bridgehead atoms. The third-order valence-electron chi connectivity index (χ3n) is 2.74. The zero-order chi connectivity index (χ0) is 11.5. The zero-order valence-corrected chi connectivity index (χ0v) is 9.83. The third-order valence-corrected chi connectivity index (χ3v) is 2.74. The molecule has 5 nitrogen and oxygen atoms in total. The molecular formula is C10H19N5. The summed E-state index contributed by atoms with van der Waals surface area (Å²) < 4.78 is 0. The molecule has 5 heteroatoms. The van der Waals surface area contributed by atoms with Gasteiger partial charge in [0.15, 0.2) is 0 Å². The highest BCUT2D eigenvalue weighted by atomic mass is 15.3. The van der Waals surface area contributed by atoms with Gasteiger partial charge in [-0.25, -0.2) is 4.98 Å². The Hall–Kier alpha value is -1.23. The summed E-state index contributed by atoms with van der Waals surface area (Å²) in [6.45, 7) is 8.47. The van der Waals surface area contributed by atoms with E-state index in [9.17, 15) is 0 Å². The standard InChI is InChI=1S/C10H19N5/c1-5-10(4,6-11)13-9-12-7(2)8(3)14-15-9/h5-6,11H2,1-4H3,(H,12,13,15). The van der Waals surface area contributed by atoms with E-state index in [1.54, 1.807) is 0 Å². The summed E-state index contributed by atoms with van der Waals surface area (Å²) in [7, 11) is 0. The van der Waals surface area contributed by atoms with Crippen LogP contribution in [0.15, 0.2) is 0 Å². The summed E-state index contributed by atoms with van der Waals surface area (Å²) in [6, 6.07) is 0. The Morgan fingerprint density at radius 3 is 2.40 bits per heavy atom. The first-order valence-corrected chi connectivity index (χ1v) is 5.17. The van der Waals surface area contributed by atoms with Crippen LogP contribution in [0.1, 0.15) is 31.7 Å². The molecule has 0 aliphatic carbocycles. The second-order valence-electron chi connectivity index (χ2n) is 4.05. The fourth-order valence-corrected chi connectivity index (χ4v) is 1.06. The van der Waals surface area contributed by atoms with Crippen LogP contribution in [0, 0.1) is 13.8 Å². The van der Waals surface area contributed by atoms with Crippen LogP contribution >= 0.6 is 0 Å². The van der Waals surface area contributed by atoms with Crippen molar-refractivity contribution >= 4 is 5.95 Å². The normalized spacial score (nSPS) is 14.7. The molecule has 0 aliphatic heterocycles. The number of aromatic nitrogens is 3. The molecule has 0 amide bonds. The van der Waals surface area contributed by atoms with E-state index in [4.69, 9.17) is 5.73 Å². The molecule has 1 aromatic heterocycles. The van der Waals surface area contributed by atoms with Crippen LogP contribution in [0.3, 0.4) is 0 Å². The number of hydrogen-bond acceptors (Lipinski definition) is 5. The highest BCUT2D eigenvalue weighted by molar-refractivity contribution is 5.29. The van der Waals surface area contributed by atoms with Gasteiger partial charge in [-0.2, -0.15) is 5.10 Å². The Balaban J connectivity index is 2.85. The van der Waals surface area contributed by atoms with Crippen molar-refractivity contribution in [2.75, 3.05) is 11.9 Å². The van der Waals surface area contributed by atoms with Gasteiger partial charge in [-0.1, -0.05) is 6.92 Å². The zero-order valence-electron chi connectivity index (χ0n) is 9.83. The summed E-state index contributed by atoms with van der Waals surface area (Å²) in [5.74, 6) is 0.549. The Morgan fingerprint density at radius 1 is 1.27 bits per heavy atom. The molecule has 84 valence electrons. The van der Waals surface area contributed by atoms with Gasteiger partial charge in [-0.15, -0.1) is 5.10 Å². The summed E-state index contributed by atoms with van der Waals surface area (Å²) in [4.78, 5) is 4.31. The van der Waals surface area contributed by atoms with E-state index in [1.165, 1.54) is 0 Å². The van der Waals surface area contributed by atoms with E-state index >= 15 is 0 Å². The third kappa shape index (κ3) is 2.86. The van der Waals surface area contributed by atoms with Gasteiger partial charge >= 0.3 is 0 Å². The van der Waals surface area contributed by atoms with Crippen molar-refractivity contribution in [3.05, 3.63) is 11.4 Å². The lowest BCUT2D eigenvalue weighted by Gasteiger charge is -2.27. The lowest BCUT2D eigenvalue weighted by atomic mass is 10.00. The Morgan fingerprint density at radius 2 is 1.93 bits per heavy atom. The van der Waals surface area contributed by atoms with Crippen LogP contribution in [-0.4, -0.2) is 27.3 Å². The monoisotopic (exact) mass is 209 g/mol. The van der Waals surface area contributed by atoms with Crippen LogP contribution in [-0.2, 0) is 0 Å². The van der Waals surface area contributed by atoms with Gasteiger partial charge in [0.1, 0.15) is 0 Å². The minimum absolute atomic E-state index is 0.163. The highest BCUT2D eigenvalue weighted by Gasteiger charge is 2.20. The maximum absolute atomic E-state index is 5.69. The molecule has 0 aromatic carbocycles. The number of nitrogens with zero attached hydrogens (tertiary/aromatic N) is 3. The summed E-state index contributed by atoms with van der Waals surface area (Å²) in [5.41, 5.74) is 7.28. The van der Waals surface area contributed by atoms with E-state index in [1.807, 2.05) is 20.8 Å². The smallest absolute Gasteiger partial charge is 0.243 e. The lowest BCUT2D eigenvalue weighted by Crippen LogP contribution is -2.42. The summed E-state index contributed by atoms with van der Waals surface area (Å²) in [6.07, 6.45) is 0.916. The first-order chi connectivity index (χ1) is 7.00. The van der Waals surface area contributed by atoms with Gasteiger partial charge in [0.2, 0.25) is 5.95 Å². The number of anilines is 1. The maximum Gasteiger partial charge on any atom is 0.243 e. The van der Waals surface area contributed by atoms with Crippen molar-refractivity contribution < 1.29 is 0 Å². The molecule has 1 aromatic rings. The second-order valence-corrected chi connectivity index (χ2v) is 4.05. The highest BCUT2D eigenvalue weighted by Crippen LogP contribution is 2.13. The van der Waals surface area contributed by atoms with Crippen LogP contribution in [0.2, 0.25) is 0 Å². The Bertz CT molecular complexity index is 333. The Kier molecular flexibility index (Phi) is 3.57. The quantitative estimate of drug-likeness (QED) is 0.774. The molecular weight excluding hydrogens is 190 g/mol. The number of nitrogens with one attached hydrogen (secondary N) is 1. The number of nitrogens with two attached hydrogens (primary N) is 1. The SMILES string of the molecule is CCC(C)(CN)Nc1nnc(C)c(C)n1. The van der Waals surface area contributed by atoms with E-state index in [-0.39, 0.29) is 5.54 Å². The van der Waals surface area contributed by atoms with E-state index in [2.05, 4.69) is 27.4 Å². The van der Waals surface area contributed by atoms with Crippen molar-refractivity contribution in [3.63, 3.8) is 0 Å². The number of aryl methyl sites for hydroxylation is 2. The van der Waals surface area contributed by atoms with Gasteiger partial charge in [0.05, 0.1) is 11.4 Å². The molecule has 15 heavy (non-hydrogen) atoms. The first kappa shape index (κ1) is 11.8. The Labute approximate surface area is 90.5 Å². The molecule has 0 saturated carbocycles. The van der Waals surface area contributed by atoms with Gasteiger partial charge in [-0.05, 0) is 27.2 Å². The average Bonchev–Trinajstić information content (AvgIpc) is 2.23. The topological polar surface area (TPSA) is 76.7 Å². The van der Waals surface area contributed by atoms with Crippen molar-refractivity contribution in [1.82, 2.24) is 15.2 Å². The van der Waals surface area contributed by atoms with Crippen molar-refractivity contribution in [2.24, 2.45) is 5.73 Å². The van der Waals surface area contributed by atoms with Crippen LogP contribution < -0.4 is 11.1 Å². The lowest BCUT2D eigenvalue weighted by molar-refractivity contribution is 0.500. The van der Waals surface area contributed by atoms with Gasteiger partial charge < -0.3 is 11.1 Å². The number of hydrogen-bond donors (Lipinski definition) is 2. The van der Waals surface area contributed by atoms with Gasteiger partial charge in [0.25, 0.3) is 0 Å². The molecule has 0 radical (unpaired) electrons. The van der Waals surface area contributed by atoms with Crippen LogP contribution in [0.4, 0.5) is 5.95 Å². The van der Waals surface area contributed by atoms with Crippen molar-refractivity contribution in [1.29, 1.82) is 0 Å². The molecule has 1 rings (SSSR count). The molecule has 0 aliphatic rings. The van der Waals surface area contributed by atoms with E-state index < -0.39 is 0 Å². The first-order valence-electron chi connectivity index (χ1n) is 5.17. The maximum atomic E-state index is 5.69. The van der Waals surface area contributed by atoms with Crippen LogP contribution in [0.5, 0.6) is 0 Å². The fraction of sp³-hybridized carbons (Fsp3) is 0.700. The minimum atomic E-state index is -0.163. The number of rotatable bonds is 4. The molecule has 3 N–H and O–H groups in total. The molecule has 0 saturated heterocycles. The largest absolute Gasteiger partial charge is 0.346 e. The molecule has 0 spiro atoms. The molecule has 1 unspecified atom stereocenters. The van der Waals surface area contributed by atoms with E-state index in [0.29, 0.717) is 12.5 Å². The van der Waals surface area contributed by atoms with Crippen molar-refractivity contribution in [2.45, 2.75) is 39.7 Å². The van der Waals surface area contributed by atoms with Crippen molar-refractivity contribution in [3.8, 4) is 0 Å². The second kappa shape index (κ2) is 4.53. The van der Waals surface area contributed by atoms with E-state index in [0.717, 1.165) is 17.8 Å². The molecule has 1 heterocycles. The predicted octanol–water partition coefficient (Wildman–Crippen LogP) is 1.03. The van der Waals surface area contributed by atoms with Gasteiger partial charge in [0, 0.05) is 12.1 Å². The molecule has 0 fully saturated rings.